The third-order valence-electron chi connectivity index (χ3n) is 4.13. The Labute approximate surface area is 136 Å². The fourth-order valence-corrected chi connectivity index (χ4v) is 3.74. The molecule has 1 aliphatic rings. The molecule has 0 radical (unpaired) electrons. The summed E-state index contributed by atoms with van der Waals surface area (Å²) < 4.78 is 0. The van der Waals surface area contributed by atoms with Gasteiger partial charge in [0.05, 0.1) is 25.6 Å². The zero-order valence-electron chi connectivity index (χ0n) is 13.1. The third kappa shape index (κ3) is 3.32. The van der Waals surface area contributed by atoms with Crippen molar-refractivity contribution in [3.63, 3.8) is 0 Å². The van der Waals surface area contributed by atoms with E-state index in [1.165, 1.54) is 27.3 Å². The number of nitriles is 1. The second-order valence-electron chi connectivity index (χ2n) is 6.04. The molecule has 0 saturated carbocycles. The fraction of sp³-hybridized carbons (Fsp3) is 0.333. The number of likely N-dealkylation sites (N-methyl/N-ethyl adjacent to an activating group) is 1. The van der Waals surface area contributed by atoms with E-state index in [1.54, 1.807) is 11.8 Å². The lowest BCUT2D eigenvalue weighted by Gasteiger charge is -2.19. The number of quaternary nitrogens is 1. The lowest BCUT2D eigenvalue weighted by molar-refractivity contribution is -0.897. The molecule has 1 aromatic carbocycles. The maximum absolute atomic E-state index is 9.43. The summed E-state index contributed by atoms with van der Waals surface area (Å²) in [6.07, 6.45) is 1.06. The number of H-pyrrole nitrogens is 1. The van der Waals surface area contributed by atoms with Gasteiger partial charge >= 0.3 is 0 Å². The number of aromatic amines is 1. The van der Waals surface area contributed by atoms with Gasteiger partial charge in [0, 0.05) is 5.75 Å². The molecule has 1 aliphatic heterocycles. The minimum absolute atomic E-state index is 0.769. The molecular weight excluding hydrogens is 290 g/mol. The predicted molar refractivity (Wildman–Crippen MR) is 87.6 cm³/mol. The second-order valence-corrected chi connectivity index (χ2v) is 7.02. The van der Waals surface area contributed by atoms with Crippen LogP contribution in [-0.4, -0.2) is 13.6 Å². The molecule has 0 aliphatic carbocycles. The summed E-state index contributed by atoms with van der Waals surface area (Å²) in [4.78, 5) is 5.02. The van der Waals surface area contributed by atoms with Gasteiger partial charge in [-0.05, 0) is 18.6 Å². The highest BCUT2D eigenvalue weighted by Gasteiger charge is 2.25. The van der Waals surface area contributed by atoms with E-state index in [0.29, 0.717) is 0 Å². The van der Waals surface area contributed by atoms with Crippen molar-refractivity contribution in [3.8, 4) is 6.07 Å². The van der Waals surface area contributed by atoms with E-state index < -0.39 is 0 Å². The average Bonchev–Trinajstić information content (AvgIpc) is 2.53. The number of nitrogens with zero attached hydrogens (tertiary/aromatic N) is 1. The van der Waals surface area contributed by atoms with E-state index in [0.717, 1.165) is 35.9 Å². The predicted octanol–water partition coefficient (Wildman–Crippen LogP) is 1.54. The summed E-state index contributed by atoms with van der Waals surface area (Å²) in [5.41, 5.74) is 5.93. The Hall–Kier alpha value is -1.83. The first-order valence-corrected chi connectivity index (χ1v) is 8.62. The monoisotopic (exact) mass is 311 g/mol. The van der Waals surface area contributed by atoms with Gasteiger partial charge in [-0.1, -0.05) is 41.6 Å². The number of nitrogens with one attached hydrogen (secondary N) is 2. The number of fused-ring (bicyclic) bond motifs is 1. The zero-order chi connectivity index (χ0) is 15.5. The van der Waals surface area contributed by atoms with Crippen LogP contribution in [0, 0.1) is 18.3 Å². The Morgan fingerprint density at radius 3 is 2.82 bits per heavy atom. The van der Waals surface area contributed by atoms with Gasteiger partial charge in [0.25, 0.3) is 5.03 Å². The van der Waals surface area contributed by atoms with Gasteiger partial charge < -0.3 is 4.90 Å². The molecule has 22 heavy (non-hydrogen) atoms. The number of aromatic nitrogens is 1. The van der Waals surface area contributed by atoms with Crippen LogP contribution in [0.15, 0.2) is 35.4 Å². The van der Waals surface area contributed by atoms with Gasteiger partial charge in [-0.15, -0.1) is 0 Å². The Kier molecular flexibility index (Phi) is 4.47. The summed E-state index contributed by atoms with van der Waals surface area (Å²) in [5.74, 6) is 0.884. The molecule has 2 aromatic rings. The van der Waals surface area contributed by atoms with Crippen molar-refractivity contribution < 1.29 is 9.88 Å². The van der Waals surface area contributed by atoms with Gasteiger partial charge in [-0.3, -0.25) is 0 Å². The van der Waals surface area contributed by atoms with Crippen molar-refractivity contribution in [3.05, 3.63) is 58.3 Å². The van der Waals surface area contributed by atoms with Gasteiger partial charge in [0.2, 0.25) is 0 Å². The summed E-state index contributed by atoms with van der Waals surface area (Å²) in [6, 6.07) is 13.0. The molecule has 2 N–H and O–H groups in total. The number of hydrogen-bond acceptors (Lipinski definition) is 2. The maximum Gasteiger partial charge on any atom is 0.256 e. The Morgan fingerprint density at radius 1 is 1.32 bits per heavy atom. The number of aryl methyl sites for hydroxylation is 1. The Bertz CT molecular complexity index is 716. The molecule has 0 bridgehead atoms. The molecule has 0 spiro atoms. The maximum atomic E-state index is 9.43. The first kappa shape index (κ1) is 15.1. The topological polar surface area (TPSA) is 42.4 Å². The summed E-state index contributed by atoms with van der Waals surface area (Å²) >= 11 is 1.72. The molecule has 3 rings (SSSR count). The van der Waals surface area contributed by atoms with Gasteiger partial charge in [0.1, 0.15) is 18.2 Å². The van der Waals surface area contributed by atoms with Gasteiger partial charge in [-0.2, -0.15) is 5.26 Å². The fourth-order valence-electron chi connectivity index (χ4n) is 2.78. The van der Waals surface area contributed by atoms with Gasteiger partial charge in [-0.25, -0.2) is 4.98 Å². The van der Waals surface area contributed by atoms with E-state index in [1.807, 2.05) is 0 Å². The van der Waals surface area contributed by atoms with E-state index in [9.17, 15) is 5.26 Å². The highest BCUT2D eigenvalue weighted by atomic mass is 32.2. The molecule has 2 heterocycles. The third-order valence-corrected chi connectivity index (χ3v) is 5.22. The van der Waals surface area contributed by atoms with Crippen molar-refractivity contribution in [2.24, 2.45) is 0 Å². The van der Waals surface area contributed by atoms with Crippen LogP contribution in [0.3, 0.4) is 0 Å². The van der Waals surface area contributed by atoms with Gasteiger partial charge in [0.15, 0.2) is 5.69 Å². The highest BCUT2D eigenvalue weighted by Crippen LogP contribution is 2.24. The van der Waals surface area contributed by atoms with Crippen LogP contribution in [0.4, 0.5) is 0 Å². The smallest absolute Gasteiger partial charge is 0.256 e. The molecule has 0 saturated heterocycles. The summed E-state index contributed by atoms with van der Waals surface area (Å²) in [7, 11) is 2.20. The van der Waals surface area contributed by atoms with Crippen molar-refractivity contribution in [1.29, 1.82) is 5.26 Å². The molecule has 1 aromatic heterocycles. The summed E-state index contributed by atoms with van der Waals surface area (Å²) in [6.45, 7) is 4.25. The van der Waals surface area contributed by atoms with Crippen molar-refractivity contribution in [2.45, 2.75) is 30.7 Å². The SMILES string of the molecule is Cc1ccc(CSc2[nH+]c3c(cc2C#N)C[NH+](C)CC3)cc1. The van der Waals surface area contributed by atoms with Crippen LogP contribution in [-0.2, 0) is 18.7 Å². The molecular formula is C18H21N3S+2. The molecule has 112 valence electrons. The Morgan fingerprint density at radius 2 is 2.09 bits per heavy atom. The number of benzene rings is 1. The first-order valence-electron chi connectivity index (χ1n) is 7.63. The minimum Gasteiger partial charge on any atom is -0.333 e. The largest absolute Gasteiger partial charge is 0.333 e. The van der Waals surface area contributed by atoms with E-state index in [2.05, 4.69) is 55.4 Å². The Balaban J connectivity index is 1.81. The van der Waals surface area contributed by atoms with E-state index in [4.69, 9.17) is 0 Å². The van der Waals surface area contributed by atoms with Crippen LogP contribution in [0.25, 0.3) is 0 Å². The number of hydrogen-bond donors (Lipinski definition) is 1. The molecule has 0 fully saturated rings. The van der Waals surface area contributed by atoms with Crippen LogP contribution in [0.1, 0.15) is 27.9 Å². The molecule has 0 amide bonds. The summed E-state index contributed by atoms with van der Waals surface area (Å²) in [5, 5.41) is 10.4. The van der Waals surface area contributed by atoms with Crippen LogP contribution in [0.2, 0.25) is 0 Å². The van der Waals surface area contributed by atoms with Crippen LogP contribution >= 0.6 is 11.8 Å². The number of rotatable bonds is 3. The number of pyridine rings is 1. The molecule has 3 nitrogen and oxygen atoms in total. The standard InChI is InChI=1S/C18H19N3S/c1-13-3-5-14(6-4-13)12-22-18-15(10-19)9-16-11-21(2)8-7-17(16)20-18/h3-6,9H,7-8,11-12H2,1-2H3/p+2. The van der Waals surface area contributed by atoms with E-state index in [-0.39, 0.29) is 0 Å². The molecule has 1 unspecified atom stereocenters. The van der Waals surface area contributed by atoms with E-state index >= 15 is 0 Å². The molecule has 1 atom stereocenters. The normalized spacial score (nSPS) is 16.9. The van der Waals surface area contributed by atoms with Crippen LogP contribution < -0.4 is 9.88 Å². The molecule has 4 heteroatoms. The highest BCUT2D eigenvalue weighted by molar-refractivity contribution is 7.98. The van der Waals surface area contributed by atoms with Crippen LogP contribution in [0.5, 0.6) is 0 Å². The lowest BCUT2D eigenvalue weighted by atomic mass is 10.0. The minimum atomic E-state index is 0.769. The average molecular weight is 311 g/mol. The number of thioether (sulfide) groups is 1. The first-order chi connectivity index (χ1) is 10.7. The lowest BCUT2D eigenvalue weighted by Crippen LogP contribution is -3.08. The van der Waals surface area contributed by atoms with Crippen molar-refractivity contribution in [1.82, 2.24) is 0 Å². The quantitative estimate of drug-likeness (QED) is 0.874. The second kappa shape index (κ2) is 6.51. The van der Waals surface area contributed by atoms with Crippen molar-refractivity contribution >= 4 is 11.8 Å². The van der Waals surface area contributed by atoms with Crippen molar-refractivity contribution in [2.75, 3.05) is 13.6 Å². The zero-order valence-corrected chi connectivity index (χ0v) is 13.9.